The van der Waals surface area contributed by atoms with E-state index in [1.807, 2.05) is 11.7 Å². The second-order valence-electron chi connectivity index (χ2n) is 4.64. The first-order chi connectivity index (χ1) is 8.27. The first kappa shape index (κ1) is 10.4. The lowest BCUT2D eigenvalue weighted by atomic mass is 9.98. The number of rotatable bonds is 1. The smallest absolute Gasteiger partial charge is 0.127 e. The molecule has 1 aromatic heterocycles. The van der Waals surface area contributed by atoms with Gasteiger partial charge in [0.25, 0.3) is 0 Å². The van der Waals surface area contributed by atoms with Crippen LogP contribution in [0.5, 0.6) is 0 Å². The van der Waals surface area contributed by atoms with Crippen LogP contribution >= 0.6 is 0 Å². The summed E-state index contributed by atoms with van der Waals surface area (Å²) in [6, 6.07) is 8.46. The predicted octanol–water partition coefficient (Wildman–Crippen LogP) is 2.75. The topological polar surface area (TPSA) is 29.9 Å². The minimum Gasteiger partial charge on any atom is -0.370 e. The molecule has 0 saturated carbocycles. The van der Waals surface area contributed by atoms with Crippen LogP contribution in [0.15, 0.2) is 24.3 Å². The van der Waals surface area contributed by atoms with Crippen molar-refractivity contribution < 1.29 is 0 Å². The number of hydrogen-bond donors (Lipinski definition) is 1. The molecule has 2 aromatic rings. The fraction of sp³-hybridized carbons (Fsp3) is 0.357. The van der Waals surface area contributed by atoms with Gasteiger partial charge in [0.1, 0.15) is 5.82 Å². The zero-order valence-electron chi connectivity index (χ0n) is 10.3. The van der Waals surface area contributed by atoms with E-state index in [-0.39, 0.29) is 0 Å². The zero-order valence-corrected chi connectivity index (χ0v) is 10.3. The average molecular weight is 227 g/mol. The predicted molar refractivity (Wildman–Crippen MR) is 70.2 cm³/mol. The summed E-state index contributed by atoms with van der Waals surface area (Å²) in [6.45, 7) is 3.20. The van der Waals surface area contributed by atoms with E-state index in [0.717, 1.165) is 18.7 Å². The van der Waals surface area contributed by atoms with Crippen molar-refractivity contribution in [3.05, 3.63) is 35.4 Å². The van der Waals surface area contributed by atoms with Crippen LogP contribution < -0.4 is 5.32 Å². The molecule has 1 N–H and O–H groups in total. The number of anilines is 1. The molecule has 3 nitrogen and oxygen atoms in total. The van der Waals surface area contributed by atoms with E-state index >= 15 is 0 Å². The maximum Gasteiger partial charge on any atom is 0.127 e. The SMILES string of the molecule is Cc1ccccc1-c1nn(C)c2c1CCCN2. The minimum absolute atomic E-state index is 1.06. The van der Waals surface area contributed by atoms with Crippen molar-refractivity contribution >= 4 is 5.82 Å². The molecule has 88 valence electrons. The van der Waals surface area contributed by atoms with Crippen molar-refractivity contribution in [3.63, 3.8) is 0 Å². The van der Waals surface area contributed by atoms with E-state index in [4.69, 9.17) is 0 Å². The molecule has 1 aliphatic rings. The Bertz CT molecular complexity index is 555. The largest absolute Gasteiger partial charge is 0.370 e. The second kappa shape index (κ2) is 3.91. The quantitative estimate of drug-likeness (QED) is 0.811. The molecule has 0 fully saturated rings. The minimum atomic E-state index is 1.06. The van der Waals surface area contributed by atoms with Gasteiger partial charge in [-0.1, -0.05) is 24.3 Å². The van der Waals surface area contributed by atoms with Gasteiger partial charge in [-0.15, -0.1) is 0 Å². The number of hydrogen-bond acceptors (Lipinski definition) is 2. The molecule has 1 aliphatic heterocycles. The van der Waals surface area contributed by atoms with Crippen molar-refractivity contribution in [2.24, 2.45) is 7.05 Å². The van der Waals surface area contributed by atoms with Gasteiger partial charge >= 0.3 is 0 Å². The van der Waals surface area contributed by atoms with Gasteiger partial charge in [0.05, 0.1) is 5.69 Å². The summed E-state index contributed by atoms with van der Waals surface area (Å²) in [7, 11) is 2.01. The average Bonchev–Trinajstić information content (AvgIpc) is 2.68. The Kier molecular flexibility index (Phi) is 2.39. The molecule has 17 heavy (non-hydrogen) atoms. The summed E-state index contributed by atoms with van der Waals surface area (Å²) in [5.41, 5.74) is 5.06. The number of fused-ring (bicyclic) bond motifs is 1. The lowest BCUT2D eigenvalue weighted by Crippen LogP contribution is -2.13. The number of aromatic nitrogens is 2. The maximum atomic E-state index is 4.68. The van der Waals surface area contributed by atoms with E-state index in [2.05, 4.69) is 41.6 Å². The molecule has 3 rings (SSSR count). The van der Waals surface area contributed by atoms with Crippen LogP contribution in [0.1, 0.15) is 17.5 Å². The third kappa shape index (κ3) is 1.62. The van der Waals surface area contributed by atoms with Crippen LogP contribution in [0, 0.1) is 6.92 Å². The molecule has 1 aromatic carbocycles. The van der Waals surface area contributed by atoms with Gasteiger partial charge < -0.3 is 5.32 Å². The highest BCUT2D eigenvalue weighted by Crippen LogP contribution is 2.33. The highest BCUT2D eigenvalue weighted by molar-refractivity contribution is 5.72. The number of aryl methyl sites for hydroxylation is 2. The van der Waals surface area contributed by atoms with Crippen LogP contribution in [-0.2, 0) is 13.5 Å². The molecule has 0 bridgehead atoms. The Morgan fingerprint density at radius 1 is 1.29 bits per heavy atom. The summed E-state index contributed by atoms with van der Waals surface area (Å²) >= 11 is 0. The Balaban J connectivity index is 2.19. The molecule has 0 radical (unpaired) electrons. The zero-order chi connectivity index (χ0) is 11.8. The van der Waals surface area contributed by atoms with E-state index < -0.39 is 0 Å². The second-order valence-corrected chi connectivity index (χ2v) is 4.64. The normalized spacial score (nSPS) is 14.2. The molecule has 2 heterocycles. The standard InChI is InChI=1S/C14H17N3/c1-10-6-3-4-7-11(10)13-12-8-5-9-15-14(12)17(2)16-13/h3-4,6-7,15H,5,8-9H2,1-2H3. The van der Waals surface area contributed by atoms with Crippen molar-refractivity contribution in [2.75, 3.05) is 11.9 Å². The molecule has 0 atom stereocenters. The summed E-state index contributed by atoms with van der Waals surface area (Å²) in [5, 5.41) is 8.12. The van der Waals surface area contributed by atoms with Gasteiger partial charge in [0.2, 0.25) is 0 Å². The van der Waals surface area contributed by atoms with E-state index in [0.29, 0.717) is 0 Å². The molecule has 0 saturated heterocycles. The van der Waals surface area contributed by atoms with Crippen LogP contribution in [0.25, 0.3) is 11.3 Å². The first-order valence-electron chi connectivity index (χ1n) is 6.13. The Morgan fingerprint density at radius 3 is 2.94 bits per heavy atom. The van der Waals surface area contributed by atoms with Crippen LogP contribution in [0.2, 0.25) is 0 Å². The number of nitrogens with one attached hydrogen (secondary N) is 1. The summed E-state index contributed by atoms with van der Waals surface area (Å²) in [6.07, 6.45) is 2.32. The molecule has 0 aliphatic carbocycles. The summed E-state index contributed by atoms with van der Waals surface area (Å²) < 4.78 is 1.97. The van der Waals surface area contributed by atoms with E-state index in [1.54, 1.807) is 0 Å². The molecular formula is C14H17N3. The van der Waals surface area contributed by atoms with Crippen molar-refractivity contribution in [3.8, 4) is 11.3 Å². The maximum absolute atomic E-state index is 4.68. The van der Waals surface area contributed by atoms with Gasteiger partial charge in [0.15, 0.2) is 0 Å². The third-order valence-corrected chi connectivity index (χ3v) is 3.44. The fourth-order valence-electron chi connectivity index (χ4n) is 2.55. The van der Waals surface area contributed by atoms with E-state index in [1.165, 1.54) is 28.9 Å². The highest BCUT2D eigenvalue weighted by atomic mass is 15.3. The molecular weight excluding hydrogens is 210 g/mol. The van der Waals surface area contributed by atoms with Crippen LogP contribution in [0.4, 0.5) is 5.82 Å². The Hall–Kier alpha value is -1.77. The summed E-state index contributed by atoms with van der Waals surface area (Å²) in [5.74, 6) is 1.19. The number of nitrogens with zero attached hydrogens (tertiary/aromatic N) is 2. The van der Waals surface area contributed by atoms with Crippen molar-refractivity contribution in [1.29, 1.82) is 0 Å². The number of benzene rings is 1. The van der Waals surface area contributed by atoms with E-state index in [9.17, 15) is 0 Å². The van der Waals surface area contributed by atoms with Crippen LogP contribution in [0.3, 0.4) is 0 Å². The molecule has 0 unspecified atom stereocenters. The fourth-order valence-corrected chi connectivity index (χ4v) is 2.55. The van der Waals surface area contributed by atoms with Gasteiger partial charge in [-0.3, -0.25) is 4.68 Å². The molecule has 0 amide bonds. The lowest BCUT2D eigenvalue weighted by Gasteiger charge is -2.15. The molecule has 3 heteroatoms. The van der Waals surface area contributed by atoms with Gasteiger partial charge in [0, 0.05) is 24.7 Å². The molecule has 0 spiro atoms. The van der Waals surface area contributed by atoms with Crippen molar-refractivity contribution in [1.82, 2.24) is 9.78 Å². The monoisotopic (exact) mass is 227 g/mol. The Morgan fingerprint density at radius 2 is 2.12 bits per heavy atom. The Labute approximate surface area is 101 Å². The summed E-state index contributed by atoms with van der Waals surface area (Å²) in [4.78, 5) is 0. The van der Waals surface area contributed by atoms with Gasteiger partial charge in [-0.2, -0.15) is 5.10 Å². The highest BCUT2D eigenvalue weighted by Gasteiger charge is 2.20. The van der Waals surface area contributed by atoms with Crippen LogP contribution in [-0.4, -0.2) is 16.3 Å². The first-order valence-corrected chi connectivity index (χ1v) is 6.13. The third-order valence-electron chi connectivity index (χ3n) is 3.44. The van der Waals surface area contributed by atoms with Gasteiger partial charge in [-0.25, -0.2) is 0 Å². The van der Waals surface area contributed by atoms with Crippen molar-refractivity contribution in [2.45, 2.75) is 19.8 Å². The lowest BCUT2D eigenvalue weighted by molar-refractivity contribution is 0.750. The van der Waals surface area contributed by atoms with Gasteiger partial charge in [-0.05, 0) is 25.3 Å².